The van der Waals surface area contributed by atoms with E-state index in [9.17, 15) is 14.9 Å². The third-order valence-corrected chi connectivity index (χ3v) is 2.25. The lowest BCUT2D eigenvalue weighted by molar-refractivity contribution is -0.385. The quantitative estimate of drug-likeness (QED) is 0.281. The van der Waals surface area contributed by atoms with E-state index < -0.39 is 10.7 Å². The highest BCUT2D eigenvalue weighted by Gasteiger charge is 2.20. The van der Waals surface area contributed by atoms with E-state index in [0.29, 0.717) is 5.56 Å². The Morgan fingerprint density at radius 3 is 2.67 bits per heavy atom. The lowest BCUT2D eigenvalue weighted by Gasteiger charge is -2.04. The summed E-state index contributed by atoms with van der Waals surface area (Å²) in [6, 6.07) is 2.56. The number of hydrogen-bond donors (Lipinski definition) is 1. The molecular formula is C9H9ClN2O3. The van der Waals surface area contributed by atoms with E-state index in [-0.39, 0.29) is 22.8 Å². The van der Waals surface area contributed by atoms with Gasteiger partial charge in [-0.1, -0.05) is 0 Å². The number of benzene rings is 1. The van der Waals surface area contributed by atoms with Crippen LogP contribution in [0.3, 0.4) is 0 Å². The zero-order chi connectivity index (χ0) is 11.6. The minimum Gasteiger partial charge on any atom is -0.398 e. The summed E-state index contributed by atoms with van der Waals surface area (Å²) in [7, 11) is 0. The summed E-state index contributed by atoms with van der Waals surface area (Å²) in [5.74, 6) is -0.768. The fourth-order valence-electron chi connectivity index (χ4n) is 1.16. The molecule has 0 aliphatic rings. The van der Waals surface area contributed by atoms with Gasteiger partial charge in [-0.3, -0.25) is 14.9 Å². The highest BCUT2D eigenvalue weighted by Crippen LogP contribution is 2.25. The van der Waals surface area contributed by atoms with Crippen LogP contribution in [-0.4, -0.2) is 16.6 Å². The van der Waals surface area contributed by atoms with E-state index in [2.05, 4.69) is 0 Å². The number of anilines is 1. The van der Waals surface area contributed by atoms with Crippen LogP contribution in [0, 0.1) is 17.0 Å². The molecule has 0 bridgehead atoms. The maximum atomic E-state index is 11.3. The Labute approximate surface area is 91.0 Å². The predicted molar refractivity (Wildman–Crippen MR) is 57.3 cm³/mol. The van der Waals surface area contributed by atoms with Crippen LogP contribution >= 0.6 is 11.6 Å². The normalized spacial score (nSPS) is 10.0. The second kappa shape index (κ2) is 4.27. The summed E-state index contributed by atoms with van der Waals surface area (Å²) in [6.07, 6.45) is 0. The average molecular weight is 229 g/mol. The van der Waals surface area contributed by atoms with Crippen LogP contribution in [0.2, 0.25) is 0 Å². The van der Waals surface area contributed by atoms with Crippen molar-refractivity contribution in [1.29, 1.82) is 0 Å². The van der Waals surface area contributed by atoms with Crippen molar-refractivity contribution in [3.05, 3.63) is 33.4 Å². The van der Waals surface area contributed by atoms with E-state index in [4.69, 9.17) is 17.3 Å². The summed E-state index contributed by atoms with van der Waals surface area (Å²) in [5, 5.41) is 10.7. The maximum absolute atomic E-state index is 11.3. The van der Waals surface area contributed by atoms with Gasteiger partial charge in [-0.15, -0.1) is 11.6 Å². The van der Waals surface area contributed by atoms with E-state index in [1.54, 1.807) is 6.92 Å². The Balaban J connectivity index is 3.41. The van der Waals surface area contributed by atoms with Crippen molar-refractivity contribution in [1.82, 2.24) is 0 Å². The number of hydrogen-bond acceptors (Lipinski definition) is 4. The van der Waals surface area contributed by atoms with Crippen molar-refractivity contribution in [3.8, 4) is 0 Å². The van der Waals surface area contributed by atoms with Crippen LogP contribution in [-0.2, 0) is 0 Å². The van der Waals surface area contributed by atoms with Gasteiger partial charge in [-0.25, -0.2) is 0 Å². The van der Waals surface area contributed by atoms with Crippen molar-refractivity contribution in [2.75, 3.05) is 11.6 Å². The topological polar surface area (TPSA) is 86.2 Å². The second-order valence-electron chi connectivity index (χ2n) is 3.04. The van der Waals surface area contributed by atoms with Crippen LogP contribution in [0.25, 0.3) is 0 Å². The van der Waals surface area contributed by atoms with Gasteiger partial charge >= 0.3 is 0 Å². The highest BCUT2D eigenvalue weighted by molar-refractivity contribution is 6.31. The monoisotopic (exact) mass is 228 g/mol. The number of nitrogen functional groups attached to an aromatic ring is 1. The van der Waals surface area contributed by atoms with Crippen LogP contribution in [0.1, 0.15) is 15.9 Å². The molecule has 1 rings (SSSR count). The molecule has 0 fully saturated rings. The number of rotatable bonds is 3. The molecule has 6 heteroatoms. The van der Waals surface area contributed by atoms with E-state index in [1.165, 1.54) is 12.1 Å². The number of halogens is 1. The number of nitrogens with two attached hydrogens (primary N) is 1. The molecule has 1 aromatic carbocycles. The summed E-state index contributed by atoms with van der Waals surface area (Å²) >= 11 is 5.35. The zero-order valence-corrected chi connectivity index (χ0v) is 8.75. The molecule has 0 amide bonds. The maximum Gasteiger partial charge on any atom is 0.282 e. The van der Waals surface area contributed by atoms with Crippen LogP contribution in [0.4, 0.5) is 11.4 Å². The smallest absolute Gasteiger partial charge is 0.282 e. The number of alkyl halides is 1. The van der Waals surface area contributed by atoms with Gasteiger partial charge in [-0.05, 0) is 18.6 Å². The largest absolute Gasteiger partial charge is 0.398 e. The van der Waals surface area contributed by atoms with Gasteiger partial charge in [0, 0.05) is 11.8 Å². The molecule has 0 aliphatic heterocycles. The van der Waals surface area contributed by atoms with Gasteiger partial charge in [-0.2, -0.15) is 0 Å². The number of nitro benzene ring substituents is 1. The number of aryl methyl sites for hydroxylation is 1. The SMILES string of the molecule is Cc1cc(C(=O)CCl)c([N+](=O)[O-])cc1N. The standard InChI is InChI=1S/C9H9ClN2O3/c1-5-2-6(9(13)4-10)8(12(14)15)3-7(5)11/h2-3H,4,11H2,1H3. The van der Waals surface area contributed by atoms with Gasteiger partial charge < -0.3 is 5.73 Å². The first-order valence-corrected chi connectivity index (χ1v) is 4.64. The minimum atomic E-state index is -0.643. The van der Waals surface area contributed by atoms with Gasteiger partial charge in [0.05, 0.1) is 16.4 Å². The van der Waals surface area contributed by atoms with E-state index >= 15 is 0 Å². The van der Waals surface area contributed by atoms with Gasteiger partial charge in [0.1, 0.15) is 0 Å². The molecular weight excluding hydrogens is 220 g/mol. The second-order valence-corrected chi connectivity index (χ2v) is 3.31. The van der Waals surface area contributed by atoms with E-state index in [1.807, 2.05) is 0 Å². The van der Waals surface area contributed by atoms with Crippen LogP contribution in [0.5, 0.6) is 0 Å². The van der Waals surface area contributed by atoms with Crippen molar-refractivity contribution < 1.29 is 9.72 Å². The third kappa shape index (κ3) is 2.24. The third-order valence-electron chi connectivity index (χ3n) is 2.00. The first-order chi connectivity index (χ1) is 6.97. The molecule has 2 N–H and O–H groups in total. The lowest BCUT2D eigenvalue weighted by Crippen LogP contribution is -2.07. The molecule has 0 aromatic heterocycles. The molecule has 0 saturated carbocycles. The number of ketones is 1. The molecule has 0 spiro atoms. The summed E-state index contributed by atoms with van der Waals surface area (Å²) in [6.45, 7) is 1.67. The number of Topliss-reactive ketones (excluding diaryl/α,β-unsaturated/α-hetero) is 1. The number of nitro groups is 1. The predicted octanol–water partition coefficient (Wildman–Crippen LogP) is 1.91. The van der Waals surface area contributed by atoms with Gasteiger partial charge in [0.15, 0.2) is 5.78 Å². The first-order valence-electron chi connectivity index (χ1n) is 4.11. The van der Waals surface area contributed by atoms with Crippen molar-refractivity contribution in [2.45, 2.75) is 6.92 Å². The number of carbonyl (C=O) groups excluding carboxylic acids is 1. The van der Waals surface area contributed by atoms with Crippen molar-refractivity contribution >= 4 is 28.8 Å². The first kappa shape index (κ1) is 11.5. The van der Waals surface area contributed by atoms with E-state index in [0.717, 1.165) is 0 Å². The lowest BCUT2D eigenvalue weighted by atomic mass is 10.0. The molecule has 1 aromatic rings. The molecule has 0 unspecified atom stereocenters. The Morgan fingerprint density at radius 1 is 1.60 bits per heavy atom. The molecule has 0 radical (unpaired) electrons. The highest BCUT2D eigenvalue weighted by atomic mass is 35.5. The van der Waals surface area contributed by atoms with Crippen molar-refractivity contribution in [2.24, 2.45) is 0 Å². The van der Waals surface area contributed by atoms with Crippen LogP contribution < -0.4 is 5.73 Å². The fraction of sp³-hybridized carbons (Fsp3) is 0.222. The summed E-state index contributed by atoms with van der Waals surface area (Å²) in [4.78, 5) is 21.3. The summed E-state index contributed by atoms with van der Waals surface area (Å²) < 4.78 is 0. The van der Waals surface area contributed by atoms with Crippen molar-refractivity contribution in [3.63, 3.8) is 0 Å². The molecule has 15 heavy (non-hydrogen) atoms. The Morgan fingerprint density at radius 2 is 2.20 bits per heavy atom. The van der Waals surface area contributed by atoms with Gasteiger partial charge in [0.2, 0.25) is 0 Å². The Hall–Kier alpha value is -1.62. The van der Waals surface area contributed by atoms with Crippen LogP contribution in [0.15, 0.2) is 12.1 Å². The number of carbonyl (C=O) groups is 1. The molecule has 5 nitrogen and oxygen atoms in total. The number of nitrogens with zero attached hydrogens (tertiary/aromatic N) is 1. The van der Waals surface area contributed by atoms with Gasteiger partial charge in [0.25, 0.3) is 5.69 Å². The Kier molecular flexibility index (Phi) is 3.26. The minimum absolute atomic E-state index is 0.00157. The Bertz CT molecular complexity index is 432. The fourth-order valence-corrected chi connectivity index (χ4v) is 1.30. The average Bonchev–Trinajstić information content (AvgIpc) is 2.20. The summed E-state index contributed by atoms with van der Waals surface area (Å²) in [5.41, 5.74) is 6.12. The molecule has 0 saturated heterocycles. The molecule has 0 aliphatic carbocycles. The molecule has 0 atom stereocenters. The molecule has 80 valence electrons. The zero-order valence-electron chi connectivity index (χ0n) is 7.99. The molecule has 0 heterocycles.